The van der Waals surface area contributed by atoms with Crippen LogP contribution < -0.4 is 0 Å². The molecule has 0 saturated heterocycles. The largest absolute Gasteiger partial charge is 0.382 e. The van der Waals surface area contributed by atoms with Gasteiger partial charge in [-0.3, -0.25) is 4.79 Å². The molecule has 84 valence electrons. The molecule has 1 N–H and O–H groups in total. The van der Waals surface area contributed by atoms with Crippen molar-refractivity contribution < 1.29 is 9.90 Å². The minimum absolute atomic E-state index is 0.125. The Morgan fingerprint density at radius 1 is 1.57 bits per heavy atom. The molecule has 0 aliphatic heterocycles. The molecule has 2 heteroatoms. The quantitative estimate of drug-likeness (QED) is 0.693. The van der Waals surface area contributed by atoms with Crippen LogP contribution in [0.2, 0.25) is 0 Å². The van der Waals surface area contributed by atoms with Gasteiger partial charge >= 0.3 is 0 Å². The molecule has 0 aromatic carbocycles. The number of hydrogen-bond donors (Lipinski definition) is 1. The van der Waals surface area contributed by atoms with Crippen LogP contribution in [0.25, 0.3) is 0 Å². The molecule has 0 saturated carbocycles. The molecule has 0 aromatic rings. The molecule has 0 aliphatic carbocycles. The third kappa shape index (κ3) is 4.56. The van der Waals surface area contributed by atoms with E-state index in [1.165, 1.54) is 6.92 Å². The molecule has 0 radical (unpaired) electrons. The van der Waals surface area contributed by atoms with Crippen molar-refractivity contribution in [3.8, 4) is 0 Å². The Bertz CT molecular complexity index is 171. The normalized spacial score (nSPS) is 15.9. The van der Waals surface area contributed by atoms with Crippen molar-refractivity contribution in [2.75, 3.05) is 0 Å². The number of carbonyl (C=O) groups is 1. The summed E-state index contributed by atoms with van der Waals surface area (Å²) in [5.41, 5.74) is -1.24. The van der Waals surface area contributed by atoms with Gasteiger partial charge in [0.2, 0.25) is 0 Å². The van der Waals surface area contributed by atoms with E-state index in [-0.39, 0.29) is 11.7 Å². The van der Waals surface area contributed by atoms with Crippen LogP contribution in [0.3, 0.4) is 0 Å². The molecule has 14 heavy (non-hydrogen) atoms. The van der Waals surface area contributed by atoms with E-state index in [1.54, 1.807) is 13.0 Å². The number of carbonyl (C=O) groups excluding carboxylic acids is 1. The summed E-state index contributed by atoms with van der Waals surface area (Å²) >= 11 is 0. The summed E-state index contributed by atoms with van der Waals surface area (Å²) in [4.78, 5) is 11.0. The molecular formula is C12H24O2. The summed E-state index contributed by atoms with van der Waals surface area (Å²) in [5, 5.41) is 9.76. The summed E-state index contributed by atoms with van der Waals surface area (Å²) < 4.78 is 0. The van der Waals surface area contributed by atoms with E-state index in [4.69, 9.17) is 0 Å². The van der Waals surface area contributed by atoms with E-state index in [1.807, 2.05) is 20.8 Å². The van der Waals surface area contributed by atoms with E-state index < -0.39 is 5.60 Å². The van der Waals surface area contributed by atoms with Gasteiger partial charge in [0, 0.05) is 5.92 Å². The van der Waals surface area contributed by atoms with Gasteiger partial charge in [-0.15, -0.1) is 6.58 Å². The average Bonchev–Trinajstić information content (AvgIpc) is 2.16. The fourth-order valence-corrected chi connectivity index (χ4v) is 1.20. The van der Waals surface area contributed by atoms with E-state index in [2.05, 4.69) is 6.58 Å². The van der Waals surface area contributed by atoms with Crippen molar-refractivity contribution >= 4 is 5.78 Å². The highest BCUT2D eigenvalue weighted by atomic mass is 16.3. The predicted octanol–water partition coefficient (Wildman–Crippen LogP) is 2.95. The zero-order chi connectivity index (χ0) is 11.8. The van der Waals surface area contributed by atoms with E-state index in [9.17, 15) is 9.90 Å². The van der Waals surface area contributed by atoms with Crippen LogP contribution in [0.15, 0.2) is 12.7 Å². The van der Waals surface area contributed by atoms with Crippen LogP contribution in [0.4, 0.5) is 0 Å². The topological polar surface area (TPSA) is 37.3 Å². The Kier molecular flexibility index (Phi) is 8.75. The maximum atomic E-state index is 11.0. The number of hydrogen-bond acceptors (Lipinski definition) is 2. The summed E-state index contributed by atoms with van der Waals surface area (Å²) in [7, 11) is 0. The van der Waals surface area contributed by atoms with E-state index in [0.717, 1.165) is 12.8 Å². The van der Waals surface area contributed by atoms with Gasteiger partial charge in [-0.25, -0.2) is 0 Å². The lowest BCUT2D eigenvalue weighted by molar-refractivity contribution is -0.137. The second kappa shape index (κ2) is 7.74. The molecule has 2 nitrogen and oxygen atoms in total. The second-order valence-electron chi connectivity index (χ2n) is 3.33. The molecule has 0 fully saturated rings. The van der Waals surface area contributed by atoms with Gasteiger partial charge in [0.1, 0.15) is 5.60 Å². The Morgan fingerprint density at radius 2 is 2.00 bits per heavy atom. The van der Waals surface area contributed by atoms with E-state index in [0.29, 0.717) is 0 Å². The molecule has 0 aromatic heterocycles. The zero-order valence-corrected chi connectivity index (χ0v) is 10.1. The van der Waals surface area contributed by atoms with Crippen molar-refractivity contribution in [1.29, 1.82) is 0 Å². The predicted molar refractivity (Wildman–Crippen MR) is 61.2 cm³/mol. The highest BCUT2D eigenvalue weighted by Crippen LogP contribution is 2.23. The van der Waals surface area contributed by atoms with Gasteiger partial charge < -0.3 is 5.11 Å². The van der Waals surface area contributed by atoms with Crippen molar-refractivity contribution in [2.24, 2.45) is 5.92 Å². The fraction of sp³-hybridized carbons (Fsp3) is 0.750. The van der Waals surface area contributed by atoms with Crippen LogP contribution in [-0.4, -0.2) is 16.5 Å². The summed E-state index contributed by atoms with van der Waals surface area (Å²) in [5.74, 6) is -0.319. The monoisotopic (exact) mass is 200 g/mol. The second-order valence-corrected chi connectivity index (χ2v) is 3.33. The highest BCUT2D eigenvalue weighted by Gasteiger charge is 2.33. The van der Waals surface area contributed by atoms with Gasteiger partial charge in [-0.05, 0) is 20.3 Å². The maximum Gasteiger partial charge on any atom is 0.161 e. The first-order valence-corrected chi connectivity index (χ1v) is 5.32. The SMILES string of the molecule is C=CC(CCC)C(C)(O)C(C)=O.CC. The number of rotatable bonds is 5. The lowest BCUT2D eigenvalue weighted by atomic mass is 9.83. The molecule has 0 aliphatic rings. The van der Waals surface area contributed by atoms with Crippen molar-refractivity contribution in [3.05, 3.63) is 12.7 Å². The smallest absolute Gasteiger partial charge is 0.161 e. The minimum Gasteiger partial charge on any atom is -0.382 e. The Hall–Kier alpha value is -0.630. The molecular weight excluding hydrogens is 176 g/mol. The Labute approximate surface area is 88.0 Å². The minimum atomic E-state index is -1.24. The van der Waals surface area contributed by atoms with Crippen molar-refractivity contribution in [3.63, 3.8) is 0 Å². The van der Waals surface area contributed by atoms with Gasteiger partial charge in [0.15, 0.2) is 5.78 Å². The van der Waals surface area contributed by atoms with Gasteiger partial charge in [-0.2, -0.15) is 0 Å². The number of aliphatic hydroxyl groups is 1. The van der Waals surface area contributed by atoms with Crippen molar-refractivity contribution in [2.45, 2.75) is 53.1 Å². The summed E-state index contributed by atoms with van der Waals surface area (Å²) in [6.45, 7) is 12.6. The summed E-state index contributed by atoms with van der Waals surface area (Å²) in [6.07, 6.45) is 3.40. The standard InChI is InChI=1S/C10H18O2.C2H6/c1-5-7-9(6-2)10(4,12)8(3)11;1-2/h6,9,12H,2,5,7H2,1,3-4H3;1-2H3. The van der Waals surface area contributed by atoms with Gasteiger partial charge in [-0.1, -0.05) is 33.3 Å². The lowest BCUT2D eigenvalue weighted by Crippen LogP contribution is -2.40. The first-order chi connectivity index (χ1) is 6.46. The molecule has 0 heterocycles. The van der Waals surface area contributed by atoms with Gasteiger partial charge in [0.25, 0.3) is 0 Å². The van der Waals surface area contributed by atoms with Crippen LogP contribution in [-0.2, 0) is 4.79 Å². The molecule has 0 rings (SSSR count). The van der Waals surface area contributed by atoms with E-state index >= 15 is 0 Å². The number of Topliss-reactive ketones (excluding diaryl/α,β-unsaturated/α-hetero) is 1. The molecule has 2 atom stereocenters. The third-order valence-electron chi connectivity index (χ3n) is 2.32. The highest BCUT2D eigenvalue weighted by molar-refractivity contribution is 5.84. The fourth-order valence-electron chi connectivity index (χ4n) is 1.20. The summed E-state index contributed by atoms with van der Waals surface area (Å²) in [6, 6.07) is 0. The molecule has 0 bridgehead atoms. The Morgan fingerprint density at radius 3 is 2.21 bits per heavy atom. The average molecular weight is 200 g/mol. The molecule has 0 spiro atoms. The Balaban J connectivity index is 0. The molecule has 2 unspecified atom stereocenters. The third-order valence-corrected chi connectivity index (χ3v) is 2.32. The first kappa shape index (κ1) is 15.8. The van der Waals surface area contributed by atoms with Crippen molar-refractivity contribution in [1.82, 2.24) is 0 Å². The van der Waals surface area contributed by atoms with Gasteiger partial charge in [0.05, 0.1) is 0 Å². The number of ketones is 1. The zero-order valence-electron chi connectivity index (χ0n) is 10.1. The maximum absolute atomic E-state index is 11.0. The van der Waals surface area contributed by atoms with Crippen LogP contribution in [0, 0.1) is 5.92 Å². The van der Waals surface area contributed by atoms with Crippen LogP contribution in [0.1, 0.15) is 47.5 Å². The van der Waals surface area contributed by atoms with Crippen LogP contribution in [0.5, 0.6) is 0 Å². The lowest BCUT2D eigenvalue weighted by Gasteiger charge is -2.27. The van der Waals surface area contributed by atoms with Crippen LogP contribution >= 0.6 is 0 Å². The molecule has 0 amide bonds. The first-order valence-electron chi connectivity index (χ1n) is 5.32.